The lowest BCUT2D eigenvalue weighted by Crippen LogP contribution is -2.35. The summed E-state index contributed by atoms with van der Waals surface area (Å²) in [4.78, 5) is 13.3. The van der Waals surface area contributed by atoms with E-state index in [-0.39, 0.29) is 16.9 Å². The van der Waals surface area contributed by atoms with Crippen molar-refractivity contribution in [3.8, 4) is 0 Å². The van der Waals surface area contributed by atoms with Crippen LogP contribution >= 0.6 is 0 Å². The number of nitrogens with zero attached hydrogens (tertiary/aromatic N) is 1. The minimum atomic E-state index is -4.47. The Morgan fingerprint density at radius 2 is 1.88 bits per heavy atom. The average Bonchev–Trinajstić information content (AvgIpc) is 2.50. The molecule has 26 heavy (non-hydrogen) atoms. The quantitative estimate of drug-likeness (QED) is 0.808. The molecule has 0 aliphatic carbocycles. The molecule has 1 N–H and O–H groups in total. The van der Waals surface area contributed by atoms with Gasteiger partial charge < -0.3 is 14.7 Å². The first kappa shape index (κ1) is 20.1. The van der Waals surface area contributed by atoms with Gasteiger partial charge in [0.2, 0.25) is 5.88 Å². The van der Waals surface area contributed by atoms with E-state index in [1.54, 1.807) is 11.8 Å². The third kappa shape index (κ3) is 3.97. The number of halogens is 3. The molecule has 1 aliphatic heterocycles. The number of ether oxygens (including phenoxy) is 1. The van der Waals surface area contributed by atoms with Crippen molar-refractivity contribution in [2.24, 2.45) is 5.41 Å². The van der Waals surface area contributed by atoms with Crippen molar-refractivity contribution in [2.45, 2.75) is 46.2 Å². The molecule has 1 aromatic rings. The number of methoxy groups -OCH3 is 1. The second-order valence-electron chi connectivity index (χ2n) is 7.68. The predicted molar refractivity (Wildman–Crippen MR) is 92.9 cm³/mol. The van der Waals surface area contributed by atoms with Crippen LogP contribution in [0.2, 0.25) is 0 Å². The maximum Gasteiger partial charge on any atom is 0.416 e. The lowest BCUT2D eigenvalue weighted by atomic mass is 9.86. The predicted octanol–water partition coefficient (Wildman–Crippen LogP) is 5.01. The second kappa shape index (κ2) is 6.85. The minimum absolute atomic E-state index is 0.0497. The van der Waals surface area contributed by atoms with E-state index >= 15 is 0 Å². The molecular formula is C19H24F3NO3. The molecular weight excluding hydrogens is 347 g/mol. The van der Waals surface area contributed by atoms with Gasteiger partial charge in [-0.15, -0.1) is 0 Å². The van der Waals surface area contributed by atoms with Crippen molar-refractivity contribution >= 4 is 11.7 Å². The fourth-order valence-electron chi connectivity index (χ4n) is 3.08. The van der Waals surface area contributed by atoms with Gasteiger partial charge in [-0.2, -0.15) is 13.2 Å². The summed E-state index contributed by atoms with van der Waals surface area (Å²) in [5.41, 5.74) is 0.100. The summed E-state index contributed by atoms with van der Waals surface area (Å²) < 4.78 is 44.9. The van der Waals surface area contributed by atoms with Crippen LogP contribution in [0.5, 0.6) is 0 Å². The highest BCUT2D eigenvalue weighted by Crippen LogP contribution is 2.44. The van der Waals surface area contributed by atoms with E-state index in [2.05, 4.69) is 0 Å². The molecule has 0 spiro atoms. The van der Waals surface area contributed by atoms with Crippen LogP contribution in [0.3, 0.4) is 0 Å². The molecule has 2 rings (SSSR count). The average molecular weight is 371 g/mol. The van der Waals surface area contributed by atoms with Gasteiger partial charge in [-0.05, 0) is 29.5 Å². The topological polar surface area (TPSA) is 49.8 Å². The monoisotopic (exact) mass is 371 g/mol. The molecule has 0 aromatic heterocycles. The Morgan fingerprint density at radius 3 is 2.35 bits per heavy atom. The van der Waals surface area contributed by atoms with Crippen LogP contribution in [0, 0.1) is 5.41 Å². The van der Waals surface area contributed by atoms with Gasteiger partial charge in [-0.25, -0.2) is 4.79 Å². The number of hydrogen-bond donors (Lipinski definition) is 1. The number of fused-ring (bicyclic) bond motifs is 1. The highest BCUT2D eigenvalue weighted by molar-refractivity contribution is 5.92. The fraction of sp³-hybridized carbons (Fsp3) is 0.526. The zero-order valence-electron chi connectivity index (χ0n) is 15.6. The Labute approximate surface area is 151 Å². The Kier molecular flexibility index (Phi) is 5.31. The Hall–Kier alpha value is -2.18. The third-order valence-corrected chi connectivity index (χ3v) is 4.53. The summed E-state index contributed by atoms with van der Waals surface area (Å²) in [5, 5.41) is 9.62. The van der Waals surface area contributed by atoms with E-state index in [0.717, 1.165) is 12.1 Å². The summed E-state index contributed by atoms with van der Waals surface area (Å²) >= 11 is 0. The molecule has 1 heterocycles. The Morgan fingerprint density at radius 1 is 1.27 bits per heavy atom. The minimum Gasteiger partial charge on any atom is -0.482 e. The smallest absolute Gasteiger partial charge is 0.416 e. The van der Waals surface area contributed by atoms with Crippen molar-refractivity contribution in [1.29, 1.82) is 0 Å². The first-order valence-corrected chi connectivity index (χ1v) is 8.37. The summed E-state index contributed by atoms with van der Waals surface area (Å²) in [5.74, 6) is -1.62. The van der Waals surface area contributed by atoms with Gasteiger partial charge in [-0.3, -0.25) is 0 Å². The number of benzene rings is 1. The highest BCUT2D eigenvalue weighted by Gasteiger charge is 2.38. The van der Waals surface area contributed by atoms with Crippen LogP contribution in [0.1, 0.15) is 51.2 Å². The molecule has 1 aliphatic rings. The molecule has 0 fully saturated rings. The number of alkyl halides is 3. The van der Waals surface area contributed by atoms with E-state index in [1.807, 2.05) is 20.8 Å². The van der Waals surface area contributed by atoms with Gasteiger partial charge in [0, 0.05) is 18.2 Å². The van der Waals surface area contributed by atoms with E-state index in [0.29, 0.717) is 24.2 Å². The molecule has 1 aromatic carbocycles. The zero-order valence-corrected chi connectivity index (χ0v) is 15.6. The molecule has 7 heteroatoms. The molecule has 1 atom stereocenters. The van der Waals surface area contributed by atoms with E-state index < -0.39 is 23.6 Å². The summed E-state index contributed by atoms with van der Waals surface area (Å²) in [6, 6.07) is 3.43. The van der Waals surface area contributed by atoms with Crippen molar-refractivity contribution in [3.63, 3.8) is 0 Å². The van der Waals surface area contributed by atoms with Gasteiger partial charge in [-0.1, -0.05) is 33.8 Å². The molecule has 0 bridgehead atoms. The number of carbonyl (C=O) groups is 1. The summed E-state index contributed by atoms with van der Waals surface area (Å²) in [6.45, 7) is 8.06. The first-order valence-electron chi connectivity index (χ1n) is 8.37. The van der Waals surface area contributed by atoms with Crippen LogP contribution < -0.4 is 4.90 Å². The maximum absolute atomic E-state index is 13.2. The third-order valence-electron chi connectivity index (χ3n) is 4.53. The number of aliphatic carboxylic acids is 1. The van der Waals surface area contributed by atoms with E-state index in [1.165, 1.54) is 13.2 Å². The van der Waals surface area contributed by atoms with Crippen molar-refractivity contribution in [3.05, 3.63) is 40.8 Å². The van der Waals surface area contributed by atoms with Crippen molar-refractivity contribution < 1.29 is 27.8 Å². The zero-order chi connectivity index (χ0) is 19.9. The summed E-state index contributed by atoms with van der Waals surface area (Å²) in [7, 11) is 1.34. The van der Waals surface area contributed by atoms with Crippen LogP contribution in [0.4, 0.5) is 18.9 Å². The maximum atomic E-state index is 13.2. The van der Waals surface area contributed by atoms with Crippen molar-refractivity contribution in [2.75, 3.05) is 18.6 Å². The number of carboxylic acid groups (broad SMARTS) is 1. The normalized spacial score (nSPS) is 18.0. The van der Waals surface area contributed by atoms with Crippen LogP contribution in [-0.2, 0) is 15.7 Å². The van der Waals surface area contributed by atoms with Crippen LogP contribution in [-0.4, -0.2) is 24.7 Å². The molecule has 144 valence electrons. The summed E-state index contributed by atoms with van der Waals surface area (Å²) in [6.07, 6.45) is -3.82. The largest absolute Gasteiger partial charge is 0.482 e. The van der Waals surface area contributed by atoms with Gasteiger partial charge in [0.15, 0.2) is 0 Å². The van der Waals surface area contributed by atoms with Crippen LogP contribution in [0.15, 0.2) is 29.7 Å². The molecule has 1 unspecified atom stereocenters. The van der Waals surface area contributed by atoms with Gasteiger partial charge in [0.1, 0.15) is 5.57 Å². The fourth-order valence-corrected chi connectivity index (χ4v) is 3.08. The highest BCUT2D eigenvalue weighted by atomic mass is 19.4. The number of rotatable bonds is 4. The standard InChI is InChI=1S/C19H24F3NO3/c1-11-13-7-6-12(19(20,21)22)10-14(13)23(9-8-18(2,3)4)16(26-5)15(11)17(24)25/h6-7,10-11H,8-9H2,1-5H3,(H,24,25). The number of hydrogen-bond acceptors (Lipinski definition) is 3. The molecule has 0 saturated carbocycles. The molecule has 4 nitrogen and oxygen atoms in total. The molecule has 0 radical (unpaired) electrons. The van der Waals surface area contributed by atoms with Gasteiger partial charge in [0.25, 0.3) is 0 Å². The van der Waals surface area contributed by atoms with Gasteiger partial charge >= 0.3 is 12.1 Å². The van der Waals surface area contributed by atoms with E-state index in [4.69, 9.17) is 4.74 Å². The number of anilines is 1. The lowest BCUT2D eigenvalue weighted by Gasteiger charge is -2.37. The number of carboxylic acids is 1. The first-order chi connectivity index (χ1) is 11.9. The Balaban J connectivity index is 2.64. The Bertz CT molecular complexity index is 733. The van der Waals surface area contributed by atoms with Crippen LogP contribution in [0.25, 0.3) is 0 Å². The van der Waals surface area contributed by atoms with Crippen molar-refractivity contribution in [1.82, 2.24) is 0 Å². The SMILES string of the molecule is COC1=C(C(=O)O)C(C)c2ccc(C(F)(F)F)cc2N1CCC(C)(C)C. The van der Waals surface area contributed by atoms with Gasteiger partial charge in [0.05, 0.1) is 12.7 Å². The van der Waals surface area contributed by atoms with E-state index in [9.17, 15) is 23.1 Å². The molecule has 0 saturated heterocycles. The lowest BCUT2D eigenvalue weighted by molar-refractivity contribution is -0.137. The molecule has 0 amide bonds. The second-order valence-corrected chi connectivity index (χ2v) is 7.68.